The number of aryl methyl sites for hydroxylation is 2. The van der Waals surface area contributed by atoms with Gasteiger partial charge in [0.05, 0.1) is 0 Å². The molecule has 1 heterocycles. The molecule has 1 aliphatic rings. The molecule has 3 heteroatoms. The predicted molar refractivity (Wildman–Crippen MR) is 73.5 cm³/mol. The number of anilines is 1. The average molecular weight is 235 g/mol. The van der Waals surface area contributed by atoms with Crippen LogP contribution >= 0.6 is 0 Å². The Bertz CT molecular complexity index is 343. The van der Waals surface area contributed by atoms with Gasteiger partial charge in [-0.3, -0.25) is 0 Å². The second-order valence-corrected chi connectivity index (χ2v) is 4.47. The lowest BCUT2D eigenvalue weighted by molar-refractivity contribution is 0.642. The van der Waals surface area contributed by atoms with Crippen LogP contribution in [0.5, 0.6) is 0 Å². The van der Waals surface area contributed by atoms with Crippen molar-refractivity contribution in [2.75, 3.05) is 11.9 Å². The first-order chi connectivity index (χ1) is 8.18. The van der Waals surface area contributed by atoms with Crippen LogP contribution in [0.15, 0.2) is 6.20 Å². The normalized spacial score (nSPS) is 15.4. The largest absolute Gasteiger partial charge is 0.356 e. The van der Waals surface area contributed by atoms with E-state index < -0.39 is 0 Å². The van der Waals surface area contributed by atoms with E-state index in [9.17, 15) is 0 Å². The summed E-state index contributed by atoms with van der Waals surface area (Å²) in [5.74, 6) is 1.97. The van der Waals surface area contributed by atoms with Crippen LogP contribution < -0.4 is 4.90 Å². The molecule has 0 spiro atoms. The summed E-state index contributed by atoms with van der Waals surface area (Å²) < 4.78 is 0. The fourth-order valence-corrected chi connectivity index (χ4v) is 2.34. The minimum atomic E-state index is 0.679. The number of hydrogen-bond acceptors (Lipinski definition) is 3. The summed E-state index contributed by atoms with van der Waals surface area (Å²) in [5, 5.41) is 0. The number of rotatable bonds is 2. The van der Waals surface area contributed by atoms with Crippen LogP contribution in [-0.4, -0.2) is 23.1 Å². The zero-order chi connectivity index (χ0) is 12.8. The highest BCUT2D eigenvalue weighted by atomic mass is 15.2. The molecule has 0 bridgehead atoms. The molecular weight excluding hydrogens is 210 g/mol. The molecule has 0 amide bonds. The van der Waals surface area contributed by atoms with Crippen LogP contribution in [0, 0.1) is 13.8 Å². The summed E-state index contributed by atoms with van der Waals surface area (Å²) in [6.45, 7) is 8.03. The summed E-state index contributed by atoms with van der Waals surface area (Å²) in [7, 11) is 2.16. The quantitative estimate of drug-likeness (QED) is 0.785. The number of hydrogen-bond donors (Lipinski definition) is 0. The molecular formula is C14H25N3. The maximum Gasteiger partial charge on any atom is 0.135 e. The molecule has 0 unspecified atom stereocenters. The van der Waals surface area contributed by atoms with Gasteiger partial charge < -0.3 is 4.90 Å². The number of nitrogens with zero attached hydrogens (tertiary/aromatic N) is 3. The first-order valence-electron chi connectivity index (χ1n) is 6.71. The van der Waals surface area contributed by atoms with E-state index in [2.05, 4.69) is 28.8 Å². The van der Waals surface area contributed by atoms with E-state index in [1.807, 2.05) is 27.0 Å². The first kappa shape index (κ1) is 13.9. The van der Waals surface area contributed by atoms with Crippen LogP contribution in [0.4, 0.5) is 5.82 Å². The minimum Gasteiger partial charge on any atom is -0.356 e. The van der Waals surface area contributed by atoms with E-state index in [0.717, 1.165) is 11.6 Å². The van der Waals surface area contributed by atoms with Gasteiger partial charge in [-0.15, -0.1) is 0 Å². The van der Waals surface area contributed by atoms with Crippen molar-refractivity contribution in [3.05, 3.63) is 17.6 Å². The fourth-order valence-electron chi connectivity index (χ4n) is 2.34. The van der Waals surface area contributed by atoms with Gasteiger partial charge in [-0.1, -0.05) is 26.7 Å². The molecule has 0 saturated heterocycles. The second kappa shape index (κ2) is 6.58. The minimum absolute atomic E-state index is 0.679. The van der Waals surface area contributed by atoms with Gasteiger partial charge in [-0.05, 0) is 26.7 Å². The van der Waals surface area contributed by atoms with Crippen molar-refractivity contribution >= 4 is 5.82 Å². The van der Waals surface area contributed by atoms with Crippen molar-refractivity contribution in [3.63, 3.8) is 0 Å². The molecule has 0 aromatic carbocycles. The van der Waals surface area contributed by atoms with Gasteiger partial charge in [0.1, 0.15) is 11.6 Å². The van der Waals surface area contributed by atoms with Crippen LogP contribution in [0.2, 0.25) is 0 Å². The molecule has 96 valence electrons. The Hall–Kier alpha value is -1.12. The second-order valence-electron chi connectivity index (χ2n) is 4.47. The van der Waals surface area contributed by atoms with E-state index in [4.69, 9.17) is 0 Å². The van der Waals surface area contributed by atoms with Crippen molar-refractivity contribution in [1.82, 2.24) is 9.97 Å². The van der Waals surface area contributed by atoms with Crippen LogP contribution in [0.25, 0.3) is 0 Å². The third-order valence-electron chi connectivity index (χ3n) is 3.27. The van der Waals surface area contributed by atoms with E-state index in [-0.39, 0.29) is 0 Å². The molecule has 17 heavy (non-hydrogen) atoms. The van der Waals surface area contributed by atoms with Gasteiger partial charge in [-0.2, -0.15) is 0 Å². The molecule has 3 nitrogen and oxygen atoms in total. The lowest BCUT2D eigenvalue weighted by Gasteiger charge is -2.26. The Morgan fingerprint density at radius 1 is 1.18 bits per heavy atom. The highest BCUT2D eigenvalue weighted by molar-refractivity contribution is 5.45. The Morgan fingerprint density at radius 3 is 2.35 bits per heavy atom. The van der Waals surface area contributed by atoms with Gasteiger partial charge in [0.2, 0.25) is 0 Å². The summed E-state index contributed by atoms with van der Waals surface area (Å²) in [5.41, 5.74) is 1.18. The molecule has 0 N–H and O–H groups in total. The van der Waals surface area contributed by atoms with E-state index in [1.54, 1.807) is 0 Å². The van der Waals surface area contributed by atoms with Crippen molar-refractivity contribution in [3.8, 4) is 0 Å². The van der Waals surface area contributed by atoms with Crippen molar-refractivity contribution < 1.29 is 0 Å². The molecule has 0 radical (unpaired) electrons. The summed E-state index contributed by atoms with van der Waals surface area (Å²) >= 11 is 0. The topological polar surface area (TPSA) is 29.0 Å². The van der Waals surface area contributed by atoms with Crippen molar-refractivity contribution in [2.45, 2.75) is 59.4 Å². The lowest BCUT2D eigenvalue weighted by Crippen LogP contribution is -2.30. The third kappa shape index (κ3) is 3.42. The van der Waals surface area contributed by atoms with Crippen molar-refractivity contribution in [2.24, 2.45) is 0 Å². The molecule has 1 aromatic heterocycles. The maximum absolute atomic E-state index is 4.53. The van der Waals surface area contributed by atoms with E-state index in [1.165, 1.54) is 31.2 Å². The molecule has 1 aromatic rings. The van der Waals surface area contributed by atoms with Gasteiger partial charge in [0.25, 0.3) is 0 Å². The molecule has 1 fully saturated rings. The molecule has 1 saturated carbocycles. The van der Waals surface area contributed by atoms with Crippen LogP contribution in [0.1, 0.15) is 50.9 Å². The van der Waals surface area contributed by atoms with Gasteiger partial charge in [0, 0.05) is 24.8 Å². The van der Waals surface area contributed by atoms with E-state index in [0.29, 0.717) is 6.04 Å². The van der Waals surface area contributed by atoms with Gasteiger partial charge in [0.15, 0.2) is 0 Å². The average Bonchev–Trinajstić information content (AvgIpc) is 2.88. The third-order valence-corrected chi connectivity index (χ3v) is 3.27. The number of aromatic nitrogens is 2. The smallest absolute Gasteiger partial charge is 0.135 e. The highest BCUT2D eigenvalue weighted by Gasteiger charge is 2.21. The molecule has 0 aliphatic heterocycles. The highest BCUT2D eigenvalue weighted by Crippen LogP contribution is 2.27. The van der Waals surface area contributed by atoms with Crippen LogP contribution in [0.3, 0.4) is 0 Å². The fraction of sp³-hybridized carbons (Fsp3) is 0.714. The van der Waals surface area contributed by atoms with Gasteiger partial charge in [-0.25, -0.2) is 9.97 Å². The van der Waals surface area contributed by atoms with Gasteiger partial charge >= 0.3 is 0 Å². The summed E-state index contributed by atoms with van der Waals surface area (Å²) in [6, 6.07) is 0.679. The van der Waals surface area contributed by atoms with E-state index >= 15 is 0 Å². The zero-order valence-electron chi connectivity index (χ0n) is 11.8. The Balaban J connectivity index is 0.000000686. The maximum atomic E-state index is 4.53. The lowest BCUT2D eigenvalue weighted by atomic mass is 10.2. The SMILES string of the molecule is CC.Cc1ncc(C)c(N(C)C2CCCC2)n1. The zero-order valence-corrected chi connectivity index (χ0v) is 11.8. The first-order valence-corrected chi connectivity index (χ1v) is 6.71. The molecule has 2 rings (SSSR count). The summed E-state index contributed by atoms with van der Waals surface area (Å²) in [6.07, 6.45) is 7.25. The molecule has 0 atom stereocenters. The van der Waals surface area contributed by atoms with Crippen molar-refractivity contribution in [1.29, 1.82) is 0 Å². The Morgan fingerprint density at radius 2 is 1.76 bits per heavy atom. The summed E-state index contributed by atoms with van der Waals surface area (Å²) in [4.78, 5) is 11.1. The predicted octanol–water partition coefficient (Wildman–Crippen LogP) is 3.50. The monoisotopic (exact) mass is 235 g/mol. The Labute approximate surface area is 105 Å². The van der Waals surface area contributed by atoms with Crippen LogP contribution in [-0.2, 0) is 0 Å². The Kier molecular flexibility index (Phi) is 5.39. The standard InChI is InChI=1S/C12H19N3.C2H6/c1-9-8-13-10(2)14-12(9)15(3)11-6-4-5-7-11;1-2/h8,11H,4-7H2,1-3H3;1-2H3. The molecule has 1 aliphatic carbocycles.